The van der Waals surface area contributed by atoms with Gasteiger partial charge < -0.3 is 35.1 Å². The number of nitrogens with one attached hydrogen (secondary N) is 4. The van der Waals surface area contributed by atoms with Crippen LogP contribution in [0.2, 0.25) is 0 Å². The van der Waals surface area contributed by atoms with Crippen molar-refractivity contribution in [3.05, 3.63) is 115 Å². The van der Waals surface area contributed by atoms with Crippen molar-refractivity contribution in [3.8, 4) is 22.4 Å². The lowest BCUT2D eigenvalue weighted by molar-refractivity contribution is -0.134. The smallest absolute Gasteiger partial charge is 0.407 e. The number of pyridine rings is 1. The summed E-state index contributed by atoms with van der Waals surface area (Å²) in [6.45, 7) is 5.52. The summed E-state index contributed by atoms with van der Waals surface area (Å²) in [5.74, 6) is 0.856. The van der Waals surface area contributed by atoms with Crippen molar-refractivity contribution in [1.82, 2.24) is 45.4 Å². The van der Waals surface area contributed by atoms with E-state index >= 15 is 0 Å². The first-order valence-electron chi connectivity index (χ1n) is 19.3. The minimum atomic E-state index is -0.964. The van der Waals surface area contributed by atoms with Crippen molar-refractivity contribution in [3.63, 3.8) is 0 Å². The van der Waals surface area contributed by atoms with E-state index < -0.39 is 12.1 Å². The van der Waals surface area contributed by atoms with E-state index in [1.54, 1.807) is 40.5 Å². The highest BCUT2D eigenvalue weighted by atomic mass is 16.5. The van der Waals surface area contributed by atoms with Crippen LogP contribution in [0.4, 0.5) is 4.79 Å². The van der Waals surface area contributed by atoms with Crippen LogP contribution in [0.3, 0.4) is 0 Å². The first kappa shape index (κ1) is 39.2. The van der Waals surface area contributed by atoms with E-state index in [1.807, 2.05) is 19.9 Å². The summed E-state index contributed by atoms with van der Waals surface area (Å²) in [5.41, 5.74) is 6.23. The molecule has 4 N–H and O–H groups in total. The minimum absolute atomic E-state index is 0.0467. The van der Waals surface area contributed by atoms with Gasteiger partial charge in [-0.25, -0.2) is 14.8 Å². The maximum atomic E-state index is 13.8. The topological polar surface area (TPSA) is 178 Å². The summed E-state index contributed by atoms with van der Waals surface area (Å²) >= 11 is 0. The number of carbonyl (C=O) groups excluding carboxylic acids is 4. The number of aromatic amines is 2. The number of rotatable bonds is 16. The van der Waals surface area contributed by atoms with Crippen molar-refractivity contribution in [2.75, 3.05) is 26.7 Å². The van der Waals surface area contributed by atoms with Crippen LogP contribution in [0.15, 0.2) is 97.5 Å². The molecule has 296 valence electrons. The van der Waals surface area contributed by atoms with Gasteiger partial charge in [0.25, 0.3) is 0 Å². The molecule has 3 heterocycles. The summed E-state index contributed by atoms with van der Waals surface area (Å²) in [4.78, 5) is 73.1. The molecule has 7 rings (SSSR count). The molecule has 14 heteroatoms. The second-order valence-corrected chi connectivity index (χ2v) is 14.0. The Morgan fingerprint density at radius 1 is 0.810 bits per heavy atom. The van der Waals surface area contributed by atoms with Gasteiger partial charge in [0, 0.05) is 42.0 Å². The molecule has 7 aromatic rings. The van der Waals surface area contributed by atoms with Gasteiger partial charge in [-0.2, -0.15) is 0 Å². The number of H-pyrrole nitrogens is 2. The summed E-state index contributed by atoms with van der Waals surface area (Å²) in [7, 11) is 1.26. The minimum Gasteiger partial charge on any atom is -0.453 e. The Labute approximate surface area is 335 Å². The number of hydrogen-bond acceptors (Lipinski definition) is 8. The summed E-state index contributed by atoms with van der Waals surface area (Å²) < 4.78 is 4.80. The second kappa shape index (κ2) is 17.8. The molecule has 4 aromatic carbocycles. The normalized spacial score (nSPS) is 11.7. The Bertz CT molecular complexity index is 2590. The Morgan fingerprint density at radius 2 is 1.50 bits per heavy atom. The molecular formula is C44H45N9O5. The van der Waals surface area contributed by atoms with Crippen LogP contribution in [0, 0.1) is 0 Å². The van der Waals surface area contributed by atoms with Gasteiger partial charge in [0.15, 0.2) is 0 Å². The van der Waals surface area contributed by atoms with Crippen LogP contribution >= 0.6 is 0 Å². The van der Waals surface area contributed by atoms with Gasteiger partial charge in [0.2, 0.25) is 18.2 Å². The fourth-order valence-corrected chi connectivity index (χ4v) is 7.18. The average Bonchev–Trinajstić information content (AvgIpc) is 3.91. The van der Waals surface area contributed by atoms with Gasteiger partial charge >= 0.3 is 6.09 Å². The van der Waals surface area contributed by atoms with Crippen LogP contribution in [-0.4, -0.2) is 85.8 Å². The molecule has 0 spiro atoms. The highest BCUT2D eigenvalue weighted by molar-refractivity contribution is 6.05. The maximum Gasteiger partial charge on any atom is 0.407 e. The van der Waals surface area contributed by atoms with E-state index in [-0.39, 0.29) is 24.9 Å². The zero-order valence-electron chi connectivity index (χ0n) is 32.6. The van der Waals surface area contributed by atoms with Crippen molar-refractivity contribution in [1.29, 1.82) is 0 Å². The molecule has 0 fully saturated rings. The molecule has 58 heavy (non-hydrogen) atoms. The van der Waals surface area contributed by atoms with E-state index in [0.717, 1.165) is 61.4 Å². The van der Waals surface area contributed by atoms with E-state index in [1.165, 1.54) is 7.11 Å². The highest BCUT2D eigenvalue weighted by Crippen LogP contribution is 2.32. The zero-order chi connectivity index (χ0) is 40.6. The summed E-state index contributed by atoms with van der Waals surface area (Å²) in [6, 6.07) is 25.6. The molecule has 1 unspecified atom stereocenters. The lowest BCUT2D eigenvalue weighted by atomic mass is 9.97. The van der Waals surface area contributed by atoms with Crippen LogP contribution in [-0.2, 0) is 32.2 Å². The number of hydrogen-bond donors (Lipinski definition) is 4. The summed E-state index contributed by atoms with van der Waals surface area (Å²) in [5, 5.41) is 9.33. The predicted molar refractivity (Wildman–Crippen MR) is 222 cm³/mol. The van der Waals surface area contributed by atoms with Gasteiger partial charge in [-0.1, -0.05) is 62.4 Å². The molecule has 0 saturated heterocycles. The third kappa shape index (κ3) is 8.65. The second-order valence-electron chi connectivity index (χ2n) is 14.0. The number of methoxy groups -OCH3 is 1. The monoisotopic (exact) mass is 779 g/mol. The van der Waals surface area contributed by atoms with Gasteiger partial charge in [0.05, 0.1) is 49.7 Å². The first-order valence-corrected chi connectivity index (χ1v) is 19.3. The van der Waals surface area contributed by atoms with Crippen LogP contribution in [0.1, 0.15) is 49.9 Å². The maximum absolute atomic E-state index is 13.8. The summed E-state index contributed by atoms with van der Waals surface area (Å²) in [6.07, 6.45) is 6.26. The van der Waals surface area contributed by atoms with E-state index in [9.17, 15) is 19.2 Å². The van der Waals surface area contributed by atoms with E-state index in [4.69, 9.17) is 9.72 Å². The lowest BCUT2D eigenvalue weighted by Crippen LogP contribution is -2.43. The molecule has 0 saturated carbocycles. The number of nitrogens with zero attached hydrogens (tertiary/aromatic N) is 5. The van der Waals surface area contributed by atoms with E-state index in [2.05, 4.69) is 91.2 Å². The predicted octanol–water partition coefficient (Wildman–Crippen LogP) is 6.64. The van der Waals surface area contributed by atoms with Gasteiger partial charge in [-0.3, -0.25) is 19.4 Å². The Morgan fingerprint density at radius 3 is 2.22 bits per heavy atom. The van der Waals surface area contributed by atoms with Crippen molar-refractivity contribution < 1.29 is 23.9 Å². The zero-order valence-corrected chi connectivity index (χ0v) is 32.6. The number of alkyl carbamates (subject to hydrolysis) is 1. The molecule has 0 aliphatic rings. The molecular weight excluding hydrogens is 735 g/mol. The number of carbonyl (C=O) groups is 4. The Kier molecular flexibility index (Phi) is 12.0. The fourth-order valence-electron chi connectivity index (χ4n) is 7.18. The number of imidazole rings is 2. The Hall–Kier alpha value is -7.09. The number of benzene rings is 4. The largest absolute Gasteiger partial charge is 0.453 e. The van der Waals surface area contributed by atoms with Crippen molar-refractivity contribution in [2.45, 2.75) is 45.8 Å². The standard InChI is InChI=1S/C44H45N9O5/c1-4-17-52(40(55)24-46-27-54)26-39-48-36-15-13-32-20-31(12-14-35(32)42(36)50-39)28-8-9-30-21-33(11-10-29(30)19-28)37-23-47-38(49-37)25-53(18-5-2)43(56)41(51-44(57)58-3)34-7-6-16-45-22-34/h6-16,19-23,27,41H,4-5,17-18,24-26H2,1-3H3,(H,46,54)(H,47,49)(H,48,50)(H,51,57). The third-order valence-corrected chi connectivity index (χ3v) is 10.0. The van der Waals surface area contributed by atoms with Gasteiger partial charge in [-0.15, -0.1) is 0 Å². The van der Waals surface area contributed by atoms with Crippen LogP contribution in [0.5, 0.6) is 0 Å². The first-order chi connectivity index (χ1) is 28.3. The molecule has 1 atom stereocenters. The molecule has 0 bridgehead atoms. The molecule has 3 aromatic heterocycles. The van der Waals surface area contributed by atoms with Gasteiger partial charge in [-0.05, 0) is 70.5 Å². The number of fused-ring (bicyclic) bond motifs is 4. The molecule has 0 aliphatic heterocycles. The average molecular weight is 780 g/mol. The third-order valence-electron chi connectivity index (χ3n) is 10.0. The molecule has 0 radical (unpaired) electrons. The van der Waals surface area contributed by atoms with Crippen molar-refractivity contribution >= 4 is 56.9 Å². The highest BCUT2D eigenvalue weighted by Gasteiger charge is 2.28. The fraction of sp³-hybridized carbons (Fsp3) is 0.250. The van der Waals surface area contributed by atoms with Crippen molar-refractivity contribution in [2.24, 2.45) is 0 Å². The lowest BCUT2D eigenvalue weighted by Gasteiger charge is -2.27. The van der Waals surface area contributed by atoms with E-state index in [0.29, 0.717) is 49.7 Å². The molecule has 4 amide bonds. The number of amides is 4. The van der Waals surface area contributed by atoms with Gasteiger partial charge in [0.1, 0.15) is 17.7 Å². The Balaban J connectivity index is 1.07. The van der Waals surface area contributed by atoms with Crippen LogP contribution < -0.4 is 10.6 Å². The SMILES string of the molecule is CCCN(Cc1nc2c(ccc3cc(-c4ccc5cc(-c6cnc(CN(CCC)C(=O)C(NC(=O)OC)c7cccnc7)[nH]6)ccc5c4)ccc32)[nH]1)C(=O)CNC=O. The number of aromatic nitrogens is 5. The number of ether oxygens (including phenoxy) is 1. The quantitative estimate of drug-likeness (QED) is 0.0789. The van der Waals surface area contributed by atoms with Crippen LogP contribution in [0.25, 0.3) is 55.0 Å². The molecule has 14 nitrogen and oxygen atoms in total. The molecule has 0 aliphatic carbocycles.